The van der Waals surface area contributed by atoms with Crippen LogP contribution < -0.4 is 10.1 Å². The molecule has 3 amide bonds. The van der Waals surface area contributed by atoms with Gasteiger partial charge in [0.2, 0.25) is 0 Å². The van der Waals surface area contributed by atoms with Crippen molar-refractivity contribution in [2.24, 2.45) is 0 Å². The number of carbonyl (C=O) groups excluding carboxylic acids is 4. The summed E-state index contributed by atoms with van der Waals surface area (Å²) in [6, 6.07) is 9.18. The molecule has 0 unspecified atom stereocenters. The summed E-state index contributed by atoms with van der Waals surface area (Å²) in [5.41, 5.74) is 0.193. The molecule has 152 valence electrons. The van der Waals surface area contributed by atoms with E-state index in [0.29, 0.717) is 30.0 Å². The molecule has 1 saturated heterocycles. The van der Waals surface area contributed by atoms with E-state index in [0.717, 1.165) is 0 Å². The van der Waals surface area contributed by atoms with Crippen LogP contribution in [-0.4, -0.2) is 54.9 Å². The molecule has 0 radical (unpaired) electrons. The van der Waals surface area contributed by atoms with Crippen molar-refractivity contribution in [3.8, 4) is 5.75 Å². The zero-order valence-corrected chi connectivity index (χ0v) is 16.6. The Labute approximate surface area is 171 Å². The number of amides is 3. The molecule has 0 saturated carbocycles. The number of ether oxygens (including phenoxy) is 2. The lowest BCUT2D eigenvalue weighted by atomic mass is 10.2. The van der Waals surface area contributed by atoms with Crippen LogP contribution in [0.5, 0.6) is 5.75 Å². The third kappa shape index (κ3) is 4.80. The van der Waals surface area contributed by atoms with Gasteiger partial charge < -0.3 is 14.4 Å². The summed E-state index contributed by atoms with van der Waals surface area (Å²) in [6.45, 7) is -0.160. The summed E-state index contributed by atoms with van der Waals surface area (Å²) in [6.07, 6.45) is 1.15. The van der Waals surface area contributed by atoms with Gasteiger partial charge in [-0.2, -0.15) is 0 Å². The normalized spacial score (nSPS) is 15.6. The lowest BCUT2D eigenvalue weighted by Crippen LogP contribution is -2.42. The number of carbonyl (C=O) groups is 4. The van der Waals surface area contributed by atoms with Crippen LogP contribution >= 0.6 is 11.3 Å². The number of esters is 1. The van der Waals surface area contributed by atoms with Crippen LogP contribution in [-0.2, 0) is 14.3 Å². The van der Waals surface area contributed by atoms with E-state index >= 15 is 0 Å². The first-order chi connectivity index (χ1) is 14.0. The molecule has 1 aliphatic heterocycles. The second-order valence-corrected chi connectivity index (χ2v) is 7.27. The van der Waals surface area contributed by atoms with Gasteiger partial charge in [0.15, 0.2) is 6.61 Å². The first-order valence-corrected chi connectivity index (χ1v) is 9.87. The fourth-order valence-corrected chi connectivity index (χ4v) is 3.77. The van der Waals surface area contributed by atoms with Gasteiger partial charge in [0.1, 0.15) is 11.8 Å². The molecule has 9 heteroatoms. The number of rotatable bonds is 6. The summed E-state index contributed by atoms with van der Waals surface area (Å²) in [5, 5.41) is 3.95. The molecule has 2 heterocycles. The van der Waals surface area contributed by atoms with Crippen molar-refractivity contribution in [2.75, 3.05) is 20.3 Å². The lowest BCUT2D eigenvalue weighted by Gasteiger charge is -2.22. The minimum atomic E-state index is -0.761. The van der Waals surface area contributed by atoms with E-state index in [-0.39, 0.29) is 11.5 Å². The standard InChI is InChI=1S/C20H20N2O6S/c1-27-15-8-3-2-6-13(15)18(24)21-17(23)12-28-20(26)14-7-4-10-22(14)19(25)16-9-5-11-29-16/h2-3,5-6,8-9,11,14H,4,7,10,12H2,1H3,(H,21,23,24)/t14-/m0/s1. The minimum Gasteiger partial charge on any atom is -0.496 e. The fourth-order valence-electron chi connectivity index (χ4n) is 3.09. The Hall–Kier alpha value is -3.20. The number of imide groups is 1. The highest BCUT2D eigenvalue weighted by Crippen LogP contribution is 2.23. The number of thiophene rings is 1. The number of benzene rings is 1. The highest BCUT2D eigenvalue weighted by molar-refractivity contribution is 7.12. The summed E-state index contributed by atoms with van der Waals surface area (Å²) >= 11 is 1.30. The van der Waals surface area contributed by atoms with Gasteiger partial charge in [-0.15, -0.1) is 11.3 Å². The van der Waals surface area contributed by atoms with Crippen LogP contribution in [0.25, 0.3) is 0 Å². The maximum atomic E-state index is 12.5. The van der Waals surface area contributed by atoms with Crippen molar-refractivity contribution in [1.82, 2.24) is 10.2 Å². The molecule has 2 aromatic rings. The van der Waals surface area contributed by atoms with Crippen molar-refractivity contribution < 1.29 is 28.7 Å². The van der Waals surface area contributed by atoms with E-state index in [2.05, 4.69) is 5.32 Å². The van der Waals surface area contributed by atoms with Crippen LogP contribution in [0, 0.1) is 0 Å². The van der Waals surface area contributed by atoms with E-state index in [1.165, 1.54) is 29.4 Å². The first kappa shape index (κ1) is 20.5. The number of nitrogens with zero attached hydrogens (tertiary/aromatic N) is 1. The summed E-state index contributed by atoms with van der Waals surface area (Å²) < 4.78 is 10.1. The molecule has 1 aromatic carbocycles. The molecule has 29 heavy (non-hydrogen) atoms. The number of likely N-dealkylation sites (tertiary alicyclic amines) is 1. The van der Waals surface area contributed by atoms with Crippen LogP contribution in [0.2, 0.25) is 0 Å². The second kappa shape index (κ2) is 9.33. The molecular formula is C20H20N2O6S. The van der Waals surface area contributed by atoms with Gasteiger partial charge in [0, 0.05) is 6.54 Å². The Balaban J connectivity index is 1.54. The largest absolute Gasteiger partial charge is 0.496 e. The number of hydrogen-bond acceptors (Lipinski definition) is 7. The maximum absolute atomic E-state index is 12.5. The molecule has 8 nitrogen and oxygen atoms in total. The fraction of sp³-hybridized carbons (Fsp3) is 0.300. The molecule has 0 spiro atoms. The Morgan fingerprint density at radius 1 is 1.17 bits per heavy atom. The predicted octanol–water partition coefficient (Wildman–Crippen LogP) is 1.86. The van der Waals surface area contributed by atoms with Crippen molar-refractivity contribution in [3.05, 3.63) is 52.2 Å². The monoisotopic (exact) mass is 416 g/mol. The van der Waals surface area contributed by atoms with Gasteiger partial charge in [-0.05, 0) is 36.4 Å². The quantitative estimate of drug-likeness (QED) is 0.722. The van der Waals surface area contributed by atoms with E-state index in [4.69, 9.17) is 9.47 Å². The average Bonchev–Trinajstić information content (AvgIpc) is 3.43. The zero-order valence-electron chi connectivity index (χ0n) is 15.8. The molecule has 3 rings (SSSR count). The summed E-state index contributed by atoms with van der Waals surface area (Å²) in [7, 11) is 1.42. The van der Waals surface area contributed by atoms with Crippen molar-refractivity contribution in [2.45, 2.75) is 18.9 Å². The topological polar surface area (TPSA) is 102 Å². The molecule has 0 aliphatic carbocycles. The Bertz CT molecular complexity index is 911. The van der Waals surface area contributed by atoms with Crippen LogP contribution in [0.3, 0.4) is 0 Å². The SMILES string of the molecule is COc1ccccc1C(=O)NC(=O)COC(=O)[C@@H]1CCCN1C(=O)c1cccs1. The van der Waals surface area contributed by atoms with E-state index in [1.54, 1.807) is 35.7 Å². The van der Waals surface area contributed by atoms with Crippen LogP contribution in [0.15, 0.2) is 41.8 Å². The summed E-state index contributed by atoms with van der Waals surface area (Å²) in [5.74, 6) is -1.98. The molecular weight excluding hydrogens is 396 g/mol. The molecule has 1 fully saturated rings. The van der Waals surface area contributed by atoms with Gasteiger partial charge >= 0.3 is 5.97 Å². The highest BCUT2D eigenvalue weighted by Gasteiger charge is 2.36. The number of hydrogen-bond donors (Lipinski definition) is 1. The highest BCUT2D eigenvalue weighted by atomic mass is 32.1. The van der Waals surface area contributed by atoms with Crippen molar-refractivity contribution >= 4 is 35.0 Å². The van der Waals surface area contributed by atoms with E-state index < -0.39 is 30.4 Å². The third-order valence-corrected chi connectivity index (χ3v) is 5.33. The number of nitrogens with one attached hydrogen (secondary N) is 1. The lowest BCUT2D eigenvalue weighted by molar-refractivity contribution is -0.152. The van der Waals surface area contributed by atoms with Crippen molar-refractivity contribution in [3.63, 3.8) is 0 Å². The van der Waals surface area contributed by atoms with Crippen LogP contribution in [0.4, 0.5) is 0 Å². The smallest absolute Gasteiger partial charge is 0.329 e. The van der Waals surface area contributed by atoms with Crippen LogP contribution in [0.1, 0.15) is 32.9 Å². The first-order valence-electron chi connectivity index (χ1n) is 8.99. The van der Waals surface area contributed by atoms with Gasteiger partial charge in [-0.1, -0.05) is 18.2 Å². The number of methoxy groups -OCH3 is 1. The number of para-hydroxylation sites is 1. The average molecular weight is 416 g/mol. The Kier molecular flexibility index (Phi) is 6.61. The van der Waals surface area contributed by atoms with Gasteiger partial charge in [0.05, 0.1) is 17.6 Å². The van der Waals surface area contributed by atoms with Gasteiger partial charge in [-0.25, -0.2) is 4.79 Å². The van der Waals surface area contributed by atoms with Gasteiger partial charge in [0.25, 0.3) is 17.7 Å². The second-order valence-electron chi connectivity index (χ2n) is 6.32. The van der Waals surface area contributed by atoms with E-state index in [1.807, 2.05) is 0 Å². The molecule has 0 bridgehead atoms. The third-order valence-electron chi connectivity index (χ3n) is 4.47. The van der Waals surface area contributed by atoms with Crippen molar-refractivity contribution in [1.29, 1.82) is 0 Å². The maximum Gasteiger partial charge on any atom is 0.329 e. The minimum absolute atomic E-state index is 0.193. The molecule has 1 aromatic heterocycles. The van der Waals surface area contributed by atoms with Gasteiger partial charge in [-0.3, -0.25) is 19.7 Å². The summed E-state index contributed by atoms with van der Waals surface area (Å²) in [4.78, 5) is 51.1. The molecule has 1 aliphatic rings. The predicted molar refractivity (Wildman–Crippen MR) is 105 cm³/mol. The van der Waals surface area contributed by atoms with E-state index in [9.17, 15) is 19.2 Å². The molecule has 1 N–H and O–H groups in total. The zero-order chi connectivity index (χ0) is 20.8. The Morgan fingerprint density at radius 2 is 1.97 bits per heavy atom. The molecule has 1 atom stereocenters. The Morgan fingerprint density at radius 3 is 2.69 bits per heavy atom.